The van der Waals surface area contributed by atoms with E-state index in [1.54, 1.807) is 24.3 Å². The Morgan fingerprint density at radius 3 is 2.41 bits per heavy atom. The van der Waals surface area contributed by atoms with Gasteiger partial charge in [-0.3, -0.25) is 14.5 Å². The van der Waals surface area contributed by atoms with E-state index in [4.69, 9.17) is 21.1 Å². The van der Waals surface area contributed by atoms with Crippen LogP contribution in [0.5, 0.6) is 11.5 Å². The Morgan fingerprint density at radius 2 is 1.69 bits per heavy atom. The van der Waals surface area contributed by atoms with Crippen molar-refractivity contribution in [1.29, 1.82) is 0 Å². The number of ketones is 1. The summed E-state index contributed by atoms with van der Waals surface area (Å²) in [5.41, 5.74) is 1.41. The zero-order valence-corrected chi connectivity index (χ0v) is 18.7. The lowest BCUT2D eigenvalue weighted by Crippen LogP contribution is -2.40. The van der Waals surface area contributed by atoms with E-state index in [2.05, 4.69) is 10.2 Å². The van der Waals surface area contributed by atoms with Gasteiger partial charge < -0.3 is 14.8 Å². The number of Topliss-reactive ketones (excluding diaryl/α,β-unsaturated/α-hetero) is 1. The van der Waals surface area contributed by atoms with Gasteiger partial charge >= 0.3 is 0 Å². The number of piperidine rings is 1. The quantitative estimate of drug-likeness (QED) is 0.650. The molecule has 1 N–H and O–H groups in total. The molecule has 2 aliphatic heterocycles. The summed E-state index contributed by atoms with van der Waals surface area (Å²) in [5.74, 6) is 1.03. The van der Waals surface area contributed by atoms with Gasteiger partial charge in [-0.25, -0.2) is 0 Å². The van der Waals surface area contributed by atoms with Crippen LogP contribution < -0.4 is 14.8 Å². The summed E-state index contributed by atoms with van der Waals surface area (Å²) in [4.78, 5) is 27.4. The number of ether oxygens (including phenoxy) is 2. The summed E-state index contributed by atoms with van der Waals surface area (Å²) in [6, 6.07) is 12.6. The Hall–Kier alpha value is -2.57. The molecule has 32 heavy (non-hydrogen) atoms. The van der Waals surface area contributed by atoms with Crippen LogP contribution in [-0.4, -0.2) is 42.0 Å². The number of likely N-dealkylation sites (tertiary alicyclic amines) is 1. The third-order valence-electron chi connectivity index (χ3n) is 6.64. The van der Waals surface area contributed by atoms with Crippen LogP contribution in [0.25, 0.3) is 0 Å². The molecule has 3 aliphatic rings. The molecule has 0 unspecified atom stereocenters. The van der Waals surface area contributed by atoms with Crippen molar-refractivity contribution < 1.29 is 19.1 Å². The molecule has 0 atom stereocenters. The standard InChI is InChI=1S/C25H27ClN2O4/c26-19-5-3-17(4-6-19)24(30)18-9-13-28(14-10-18)16-23(29)27-20-7-8-21-22(15-20)32-25(31-21)11-1-2-12-25/h3-8,15,18H,1-2,9-14,16H2,(H,27,29). The molecule has 1 saturated carbocycles. The number of carbonyl (C=O) groups excluding carboxylic acids is 2. The molecule has 0 aromatic heterocycles. The monoisotopic (exact) mass is 454 g/mol. The predicted molar refractivity (Wildman–Crippen MR) is 122 cm³/mol. The summed E-state index contributed by atoms with van der Waals surface area (Å²) >= 11 is 5.91. The van der Waals surface area contributed by atoms with Crippen LogP contribution >= 0.6 is 11.6 Å². The summed E-state index contributed by atoms with van der Waals surface area (Å²) in [6.07, 6.45) is 5.53. The first-order chi connectivity index (χ1) is 15.5. The molecular formula is C25H27ClN2O4. The fourth-order valence-corrected chi connectivity index (χ4v) is 5.02. The second-order valence-corrected chi connectivity index (χ2v) is 9.39. The van der Waals surface area contributed by atoms with Crippen LogP contribution in [-0.2, 0) is 4.79 Å². The van der Waals surface area contributed by atoms with E-state index >= 15 is 0 Å². The van der Waals surface area contributed by atoms with E-state index < -0.39 is 5.79 Å². The van der Waals surface area contributed by atoms with Gasteiger partial charge in [-0.2, -0.15) is 0 Å². The van der Waals surface area contributed by atoms with E-state index in [0.717, 1.165) is 57.4 Å². The van der Waals surface area contributed by atoms with Gasteiger partial charge in [0, 0.05) is 41.1 Å². The van der Waals surface area contributed by atoms with Gasteiger partial charge in [-0.05, 0) is 75.2 Å². The lowest BCUT2D eigenvalue weighted by molar-refractivity contribution is -0.117. The van der Waals surface area contributed by atoms with Crippen molar-refractivity contribution in [2.75, 3.05) is 25.0 Å². The van der Waals surface area contributed by atoms with Gasteiger partial charge in [-0.15, -0.1) is 0 Å². The normalized spacial score (nSPS) is 19.9. The van der Waals surface area contributed by atoms with E-state index in [1.807, 2.05) is 18.2 Å². The predicted octanol–water partition coefficient (Wildman–Crippen LogP) is 4.91. The van der Waals surface area contributed by atoms with Gasteiger partial charge in [0.05, 0.1) is 6.54 Å². The van der Waals surface area contributed by atoms with Crippen molar-refractivity contribution in [3.05, 3.63) is 53.1 Å². The molecule has 168 valence electrons. The third-order valence-corrected chi connectivity index (χ3v) is 6.89. The lowest BCUT2D eigenvalue weighted by atomic mass is 9.89. The van der Waals surface area contributed by atoms with Crippen LogP contribution in [0.4, 0.5) is 5.69 Å². The van der Waals surface area contributed by atoms with Crippen molar-refractivity contribution in [1.82, 2.24) is 4.90 Å². The Morgan fingerprint density at radius 1 is 1.00 bits per heavy atom. The van der Waals surface area contributed by atoms with E-state index in [1.165, 1.54) is 0 Å². The molecule has 2 heterocycles. The number of hydrogen-bond donors (Lipinski definition) is 1. The molecule has 6 nitrogen and oxygen atoms in total. The summed E-state index contributed by atoms with van der Waals surface area (Å²) in [7, 11) is 0. The molecule has 7 heteroatoms. The highest BCUT2D eigenvalue weighted by molar-refractivity contribution is 6.30. The fourth-order valence-electron chi connectivity index (χ4n) is 4.90. The molecule has 1 spiro atoms. The average molecular weight is 455 g/mol. The number of anilines is 1. The molecule has 2 fully saturated rings. The number of amides is 1. The van der Waals surface area contributed by atoms with E-state index in [9.17, 15) is 9.59 Å². The first-order valence-corrected chi connectivity index (χ1v) is 11.7. The summed E-state index contributed by atoms with van der Waals surface area (Å²) in [5, 5.41) is 3.60. The minimum Gasteiger partial charge on any atom is -0.448 e. The fraction of sp³-hybridized carbons (Fsp3) is 0.440. The smallest absolute Gasteiger partial charge is 0.251 e. The minimum atomic E-state index is -0.501. The molecule has 1 saturated heterocycles. The average Bonchev–Trinajstić information content (AvgIpc) is 3.39. The van der Waals surface area contributed by atoms with Crippen molar-refractivity contribution >= 4 is 29.0 Å². The maximum Gasteiger partial charge on any atom is 0.251 e. The lowest BCUT2D eigenvalue weighted by Gasteiger charge is -2.30. The van der Waals surface area contributed by atoms with Crippen LogP contribution in [0.15, 0.2) is 42.5 Å². The highest BCUT2D eigenvalue weighted by Crippen LogP contribution is 2.47. The number of halogens is 1. The number of carbonyl (C=O) groups is 2. The van der Waals surface area contributed by atoms with Crippen molar-refractivity contribution in [2.24, 2.45) is 5.92 Å². The molecule has 0 bridgehead atoms. The van der Waals surface area contributed by atoms with E-state index in [0.29, 0.717) is 28.6 Å². The number of benzene rings is 2. The summed E-state index contributed by atoms with van der Waals surface area (Å²) in [6.45, 7) is 1.75. The maximum atomic E-state index is 12.7. The Kier molecular flexibility index (Phi) is 5.82. The zero-order valence-electron chi connectivity index (χ0n) is 17.9. The third kappa shape index (κ3) is 4.48. The topological polar surface area (TPSA) is 67.9 Å². The molecular weight excluding hydrogens is 428 g/mol. The Balaban J connectivity index is 1.11. The SMILES string of the molecule is O=C(CN1CCC(C(=O)c2ccc(Cl)cc2)CC1)Nc1ccc2c(c1)OC1(CCCC1)O2. The van der Waals surface area contributed by atoms with Crippen LogP contribution in [0.1, 0.15) is 48.9 Å². The molecule has 1 amide bonds. The van der Waals surface area contributed by atoms with Crippen LogP contribution in [0, 0.1) is 5.92 Å². The zero-order chi connectivity index (χ0) is 22.1. The largest absolute Gasteiger partial charge is 0.448 e. The molecule has 2 aromatic carbocycles. The first-order valence-electron chi connectivity index (χ1n) is 11.3. The highest BCUT2D eigenvalue weighted by atomic mass is 35.5. The number of nitrogens with zero attached hydrogens (tertiary/aromatic N) is 1. The van der Waals surface area contributed by atoms with Gasteiger partial charge in [-0.1, -0.05) is 11.6 Å². The van der Waals surface area contributed by atoms with Gasteiger partial charge in [0.25, 0.3) is 5.79 Å². The number of nitrogens with one attached hydrogen (secondary N) is 1. The van der Waals surface area contributed by atoms with Gasteiger partial charge in [0.2, 0.25) is 5.91 Å². The Bertz CT molecular complexity index is 1010. The molecule has 2 aromatic rings. The second-order valence-electron chi connectivity index (χ2n) is 8.95. The Labute approximate surface area is 192 Å². The second kappa shape index (κ2) is 8.75. The first kappa shape index (κ1) is 21.3. The van der Waals surface area contributed by atoms with Gasteiger partial charge in [0.1, 0.15) is 0 Å². The van der Waals surface area contributed by atoms with Crippen molar-refractivity contribution in [3.8, 4) is 11.5 Å². The van der Waals surface area contributed by atoms with Crippen molar-refractivity contribution in [3.63, 3.8) is 0 Å². The van der Waals surface area contributed by atoms with Crippen LogP contribution in [0.2, 0.25) is 5.02 Å². The number of fused-ring (bicyclic) bond motifs is 1. The van der Waals surface area contributed by atoms with Crippen LogP contribution in [0.3, 0.4) is 0 Å². The molecule has 0 radical (unpaired) electrons. The molecule has 5 rings (SSSR count). The number of hydrogen-bond acceptors (Lipinski definition) is 5. The summed E-state index contributed by atoms with van der Waals surface area (Å²) < 4.78 is 12.1. The van der Waals surface area contributed by atoms with Crippen molar-refractivity contribution in [2.45, 2.75) is 44.3 Å². The van der Waals surface area contributed by atoms with E-state index in [-0.39, 0.29) is 17.6 Å². The maximum absolute atomic E-state index is 12.7. The highest BCUT2D eigenvalue weighted by Gasteiger charge is 2.44. The minimum absolute atomic E-state index is 0.00717. The van der Waals surface area contributed by atoms with Gasteiger partial charge in [0.15, 0.2) is 17.3 Å². The number of rotatable bonds is 5. The molecule has 1 aliphatic carbocycles.